The molecule has 1 aliphatic heterocycles. The van der Waals surface area contributed by atoms with Crippen LogP contribution in [0.4, 0.5) is 11.4 Å². The molecule has 0 radical (unpaired) electrons. The highest BCUT2D eigenvalue weighted by Gasteiger charge is 2.29. The Morgan fingerprint density at radius 2 is 2.10 bits per heavy atom. The van der Waals surface area contributed by atoms with Crippen LogP contribution in [-0.4, -0.2) is 28.1 Å². The minimum Gasteiger partial charge on any atom is -0.397 e. The van der Waals surface area contributed by atoms with Gasteiger partial charge < -0.3 is 10.6 Å². The van der Waals surface area contributed by atoms with Crippen LogP contribution in [0.25, 0.3) is 0 Å². The molecule has 1 atom stereocenters. The number of nitrogens with one attached hydrogen (secondary N) is 1. The molecule has 1 aliphatic rings. The van der Waals surface area contributed by atoms with E-state index in [4.69, 9.17) is 5.73 Å². The Hall–Kier alpha value is -1.27. The lowest BCUT2D eigenvalue weighted by molar-refractivity contribution is 0.492. The fraction of sp³-hybridized carbons (Fsp3) is 0.571. The summed E-state index contributed by atoms with van der Waals surface area (Å²) in [6.07, 6.45) is 2.24. The lowest BCUT2D eigenvalue weighted by atomic mass is 10.0. The number of nitrogens with zero attached hydrogens (tertiary/aromatic N) is 1. The second kappa shape index (κ2) is 5.61. The maximum absolute atomic E-state index is 11.9. The highest BCUT2D eigenvalue weighted by molar-refractivity contribution is 7.89. The van der Waals surface area contributed by atoms with Gasteiger partial charge in [0.2, 0.25) is 10.0 Å². The summed E-state index contributed by atoms with van der Waals surface area (Å²) in [5, 5.41) is 0. The molecule has 1 unspecified atom stereocenters. The highest BCUT2D eigenvalue weighted by Crippen LogP contribution is 2.34. The Bertz CT molecular complexity index is 584. The molecule has 1 saturated heterocycles. The Labute approximate surface area is 121 Å². The first-order valence-electron chi connectivity index (χ1n) is 6.96. The summed E-state index contributed by atoms with van der Waals surface area (Å²) in [6.45, 7) is 5.30. The second-order valence-electron chi connectivity index (χ2n) is 5.58. The number of benzene rings is 1. The summed E-state index contributed by atoms with van der Waals surface area (Å²) >= 11 is 0. The SMILES string of the molecule is CNS(=O)(=O)c1ccc(N)c(N2CCCC2C(C)C)c1. The highest BCUT2D eigenvalue weighted by atomic mass is 32.2. The number of hydrogen-bond donors (Lipinski definition) is 2. The summed E-state index contributed by atoms with van der Waals surface area (Å²) in [4.78, 5) is 2.51. The normalized spacial score (nSPS) is 19.8. The summed E-state index contributed by atoms with van der Waals surface area (Å²) in [5.74, 6) is 0.515. The molecule has 0 saturated carbocycles. The van der Waals surface area contributed by atoms with E-state index >= 15 is 0 Å². The van der Waals surface area contributed by atoms with Gasteiger partial charge in [-0.2, -0.15) is 0 Å². The molecule has 1 fully saturated rings. The van der Waals surface area contributed by atoms with Gasteiger partial charge in [-0.1, -0.05) is 13.8 Å². The largest absolute Gasteiger partial charge is 0.397 e. The third kappa shape index (κ3) is 2.76. The second-order valence-corrected chi connectivity index (χ2v) is 7.46. The van der Waals surface area contributed by atoms with Gasteiger partial charge in [-0.15, -0.1) is 0 Å². The summed E-state index contributed by atoms with van der Waals surface area (Å²) in [7, 11) is -2.02. The van der Waals surface area contributed by atoms with Gasteiger partial charge >= 0.3 is 0 Å². The molecule has 1 heterocycles. The van der Waals surface area contributed by atoms with E-state index in [9.17, 15) is 8.42 Å². The quantitative estimate of drug-likeness (QED) is 0.831. The van der Waals surface area contributed by atoms with Crippen LogP contribution in [-0.2, 0) is 10.0 Å². The number of nitrogen functional groups attached to an aromatic ring is 1. The van der Waals surface area contributed by atoms with Gasteiger partial charge in [-0.3, -0.25) is 0 Å². The van der Waals surface area contributed by atoms with Crippen molar-refractivity contribution in [1.29, 1.82) is 0 Å². The van der Waals surface area contributed by atoms with Crippen molar-refractivity contribution in [2.75, 3.05) is 24.2 Å². The Balaban J connectivity index is 2.44. The van der Waals surface area contributed by atoms with Crippen molar-refractivity contribution in [1.82, 2.24) is 4.72 Å². The summed E-state index contributed by atoms with van der Waals surface area (Å²) < 4.78 is 26.2. The fourth-order valence-corrected chi connectivity index (χ4v) is 3.59. The monoisotopic (exact) mass is 297 g/mol. The standard InChI is InChI=1S/C14H23N3O2S/c1-10(2)13-5-4-8-17(13)14-9-11(6-7-12(14)15)20(18,19)16-3/h6-7,9-10,13,16H,4-5,8,15H2,1-3H3. The van der Waals surface area contributed by atoms with Gasteiger partial charge in [0.1, 0.15) is 0 Å². The van der Waals surface area contributed by atoms with Crippen LogP contribution < -0.4 is 15.4 Å². The average Bonchev–Trinajstić information content (AvgIpc) is 2.88. The first-order chi connectivity index (χ1) is 9.36. The van der Waals surface area contributed by atoms with Crippen LogP contribution in [0.1, 0.15) is 26.7 Å². The smallest absolute Gasteiger partial charge is 0.240 e. The van der Waals surface area contributed by atoms with E-state index in [1.807, 2.05) is 0 Å². The van der Waals surface area contributed by atoms with Crippen molar-refractivity contribution >= 4 is 21.4 Å². The molecule has 3 N–H and O–H groups in total. The van der Waals surface area contributed by atoms with E-state index in [1.54, 1.807) is 18.2 Å². The van der Waals surface area contributed by atoms with Crippen molar-refractivity contribution in [2.45, 2.75) is 37.6 Å². The van der Waals surface area contributed by atoms with Crippen molar-refractivity contribution in [2.24, 2.45) is 5.92 Å². The minimum atomic E-state index is -3.44. The zero-order valence-corrected chi connectivity index (χ0v) is 13.1. The van der Waals surface area contributed by atoms with E-state index in [0.29, 0.717) is 17.6 Å². The van der Waals surface area contributed by atoms with Crippen LogP contribution in [0, 0.1) is 5.92 Å². The predicted octanol–water partition coefficient (Wildman–Crippen LogP) is 1.80. The molecule has 0 spiro atoms. The van der Waals surface area contributed by atoms with E-state index in [-0.39, 0.29) is 4.90 Å². The molecule has 2 rings (SSSR count). The van der Waals surface area contributed by atoms with Gasteiger partial charge in [0.05, 0.1) is 16.3 Å². The molecule has 112 valence electrons. The van der Waals surface area contributed by atoms with Crippen molar-refractivity contribution in [3.63, 3.8) is 0 Å². The zero-order chi connectivity index (χ0) is 14.9. The van der Waals surface area contributed by atoms with Crippen LogP contribution in [0.2, 0.25) is 0 Å². The fourth-order valence-electron chi connectivity index (χ4n) is 2.84. The molecule has 0 bridgehead atoms. The number of anilines is 2. The van der Waals surface area contributed by atoms with Gasteiger partial charge in [0, 0.05) is 12.6 Å². The van der Waals surface area contributed by atoms with Gasteiger partial charge in [-0.05, 0) is 44.0 Å². The molecule has 5 nitrogen and oxygen atoms in total. The van der Waals surface area contributed by atoms with Gasteiger partial charge in [0.25, 0.3) is 0 Å². The molecular formula is C14H23N3O2S. The Morgan fingerprint density at radius 3 is 2.70 bits per heavy atom. The average molecular weight is 297 g/mol. The molecule has 1 aromatic carbocycles. The summed E-state index contributed by atoms with van der Waals surface area (Å²) in [5.41, 5.74) is 7.52. The van der Waals surface area contributed by atoms with Crippen LogP contribution in [0.3, 0.4) is 0 Å². The predicted molar refractivity (Wildman–Crippen MR) is 82.3 cm³/mol. The van der Waals surface area contributed by atoms with Crippen molar-refractivity contribution in [3.05, 3.63) is 18.2 Å². The first-order valence-corrected chi connectivity index (χ1v) is 8.45. The maximum atomic E-state index is 11.9. The van der Waals surface area contributed by atoms with Crippen molar-refractivity contribution < 1.29 is 8.42 Å². The molecule has 6 heteroatoms. The topological polar surface area (TPSA) is 75.4 Å². The van der Waals surface area contributed by atoms with E-state index < -0.39 is 10.0 Å². The molecule has 1 aromatic rings. The van der Waals surface area contributed by atoms with E-state index in [1.165, 1.54) is 7.05 Å². The molecule has 0 aromatic heterocycles. The number of nitrogens with two attached hydrogens (primary N) is 1. The first kappa shape index (κ1) is 15.1. The Morgan fingerprint density at radius 1 is 1.40 bits per heavy atom. The maximum Gasteiger partial charge on any atom is 0.240 e. The van der Waals surface area contributed by atoms with Crippen LogP contribution >= 0.6 is 0 Å². The van der Waals surface area contributed by atoms with Gasteiger partial charge in [0.15, 0.2) is 0 Å². The molecule has 20 heavy (non-hydrogen) atoms. The van der Waals surface area contributed by atoms with Crippen LogP contribution in [0.5, 0.6) is 0 Å². The number of hydrogen-bond acceptors (Lipinski definition) is 4. The lowest BCUT2D eigenvalue weighted by Crippen LogP contribution is -2.34. The third-order valence-corrected chi connectivity index (χ3v) is 5.37. The van der Waals surface area contributed by atoms with Crippen molar-refractivity contribution in [3.8, 4) is 0 Å². The minimum absolute atomic E-state index is 0.263. The van der Waals surface area contributed by atoms with E-state index in [0.717, 1.165) is 25.1 Å². The third-order valence-electron chi connectivity index (χ3n) is 3.96. The van der Waals surface area contributed by atoms with E-state index in [2.05, 4.69) is 23.5 Å². The molecular weight excluding hydrogens is 274 g/mol. The summed E-state index contributed by atoms with van der Waals surface area (Å²) in [6, 6.07) is 5.33. The lowest BCUT2D eigenvalue weighted by Gasteiger charge is -2.31. The number of sulfonamides is 1. The number of rotatable bonds is 4. The molecule has 0 aliphatic carbocycles. The van der Waals surface area contributed by atoms with Gasteiger partial charge in [-0.25, -0.2) is 13.1 Å². The van der Waals surface area contributed by atoms with Crippen LogP contribution in [0.15, 0.2) is 23.1 Å². The zero-order valence-electron chi connectivity index (χ0n) is 12.3. The Kier molecular flexibility index (Phi) is 4.25. The molecule has 0 amide bonds.